The number of aliphatic hydroxyl groups excluding tert-OH is 1. The Labute approximate surface area is 108 Å². The highest BCUT2D eigenvalue weighted by Crippen LogP contribution is 2.33. The summed E-state index contributed by atoms with van der Waals surface area (Å²) in [5.41, 5.74) is 7.48. The smallest absolute Gasteiger partial charge is 0.161 e. The van der Waals surface area contributed by atoms with Crippen LogP contribution in [0.3, 0.4) is 0 Å². The van der Waals surface area contributed by atoms with Crippen LogP contribution in [0.15, 0.2) is 12.1 Å². The summed E-state index contributed by atoms with van der Waals surface area (Å²) < 4.78 is 10.5. The highest BCUT2D eigenvalue weighted by atomic mass is 16.5. The second kappa shape index (κ2) is 6.58. The van der Waals surface area contributed by atoms with Crippen LogP contribution in [-0.2, 0) is 0 Å². The van der Waals surface area contributed by atoms with Gasteiger partial charge in [-0.25, -0.2) is 0 Å². The first-order valence-electron chi connectivity index (χ1n) is 5.86. The van der Waals surface area contributed by atoms with Gasteiger partial charge < -0.3 is 25.6 Å². The summed E-state index contributed by atoms with van der Waals surface area (Å²) in [7, 11) is 4.98. The summed E-state index contributed by atoms with van der Waals surface area (Å²) in [4.78, 5) is 0. The van der Waals surface area contributed by atoms with E-state index >= 15 is 0 Å². The molecule has 2 unspecified atom stereocenters. The molecule has 5 heteroatoms. The molecule has 2 atom stereocenters. The maximum Gasteiger partial charge on any atom is 0.161 e. The van der Waals surface area contributed by atoms with Gasteiger partial charge in [0.15, 0.2) is 11.5 Å². The second-order valence-corrected chi connectivity index (χ2v) is 4.13. The molecule has 102 valence electrons. The summed E-state index contributed by atoms with van der Waals surface area (Å²) in [5.74, 6) is 1.32. The van der Waals surface area contributed by atoms with Gasteiger partial charge >= 0.3 is 0 Å². The average Bonchev–Trinajstić information content (AvgIpc) is 2.40. The molecule has 0 aliphatic heterocycles. The van der Waals surface area contributed by atoms with Crippen LogP contribution < -0.4 is 20.5 Å². The molecule has 0 amide bonds. The highest BCUT2D eigenvalue weighted by Gasteiger charge is 2.21. The summed E-state index contributed by atoms with van der Waals surface area (Å²) in [6, 6.07) is 3.53. The van der Waals surface area contributed by atoms with E-state index in [9.17, 15) is 5.11 Å². The average molecular weight is 254 g/mol. The van der Waals surface area contributed by atoms with Crippen molar-refractivity contribution in [2.24, 2.45) is 5.73 Å². The minimum Gasteiger partial charge on any atom is -0.493 e. The van der Waals surface area contributed by atoms with Gasteiger partial charge in [-0.1, -0.05) is 0 Å². The predicted molar refractivity (Wildman–Crippen MR) is 71.1 cm³/mol. The number of aryl methyl sites for hydroxylation is 1. The molecule has 4 N–H and O–H groups in total. The summed E-state index contributed by atoms with van der Waals surface area (Å²) >= 11 is 0. The van der Waals surface area contributed by atoms with Crippen molar-refractivity contribution in [3.05, 3.63) is 23.3 Å². The van der Waals surface area contributed by atoms with E-state index in [1.54, 1.807) is 21.3 Å². The number of likely N-dealkylation sites (N-methyl/N-ethyl adjacent to an activating group) is 1. The standard InChI is InChI=1S/C13H22N2O3/c1-8-5-11(17-3)12(18-4)6-9(8)13(15-2)10(16)7-14/h5-6,10,13,15-16H,7,14H2,1-4H3. The Balaban J connectivity index is 3.22. The van der Waals surface area contributed by atoms with E-state index in [1.807, 2.05) is 19.1 Å². The number of hydrogen-bond acceptors (Lipinski definition) is 5. The van der Waals surface area contributed by atoms with E-state index in [0.717, 1.165) is 11.1 Å². The minimum atomic E-state index is -0.646. The van der Waals surface area contributed by atoms with Crippen LogP contribution in [0.2, 0.25) is 0 Å². The van der Waals surface area contributed by atoms with Crippen molar-refractivity contribution in [1.29, 1.82) is 0 Å². The Hall–Kier alpha value is -1.30. The monoisotopic (exact) mass is 254 g/mol. The largest absolute Gasteiger partial charge is 0.493 e. The Morgan fingerprint density at radius 3 is 2.28 bits per heavy atom. The van der Waals surface area contributed by atoms with Crippen LogP contribution in [0, 0.1) is 6.92 Å². The van der Waals surface area contributed by atoms with Gasteiger partial charge in [-0.3, -0.25) is 0 Å². The molecular formula is C13H22N2O3. The summed E-state index contributed by atoms with van der Waals surface area (Å²) in [6.45, 7) is 2.16. The number of nitrogens with one attached hydrogen (secondary N) is 1. The zero-order chi connectivity index (χ0) is 13.7. The lowest BCUT2D eigenvalue weighted by Crippen LogP contribution is -2.35. The molecule has 18 heavy (non-hydrogen) atoms. The van der Waals surface area contributed by atoms with Gasteiger partial charge in [0.25, 0.3) is 0 Å². The van der Waals surface area contributed by atoms with Gasteiger partial charge in [-0.05, 0) is 37.2 Å². The molecule has 0 aliphatic rings. The molecule has 0 heterocycles. The molecule has 1 aromatic rings. The van der Waals surface area contributed by atoms with Gasteiger partial charge in [-0.2, -0.15) is 0 Å². The molecular weight excluding hydrogens is 232 g/mol. The van der Waals surface area contributed by atoms with Crippen molar-refractivity contribution in [3.8, 4) is 11.5 Å². The Bertz CT molecular complexity index is 396. The SMILES string of the molecule is CNC(c1cc(OC)c(OC)cc1C)C(O)CN. The van der Waals surface area contributed by atoms with E-state index in [-0.39, 0.29) is 12.6 Å². The number of hydrogen-bond donors (Lipinski definition) is 3. The number of methoxy groups -OCH3 is 2. The first-order valence-corrected chi connectivity index (χ1v) is 5.86. The van der Waals surface area contributed by atoms with E-state index in [1.165, 1.54) is 0 Å². The molecule has 0 aromatic heterocycles. The Morgan fingerprint density at radius 1 is 1.28 bits per heavy atom. The lowest BCUT2D eigenvalue weighted by molar-refractivity contribution is 0.138. The molecule has 1 aromatic carbocycles. The first-order chi connectivity index (χ1) is 8.58. The van der Waals surface area contributed by atoms with Gasteiger partial charge in [0.2, 0.25) is 0 Å². The van der Waals surface area contributed by atoms with Crippen LogP contribution in [0.4, 0.5) is 0 Å². The van der Waals surface area contributed by atoms with Crippen LogP contribution in [-0.4, -0.2) is 39.0 Å². The number of aliphatic hydroxyl groups is 1. The molecule has 0 fully saturated rings. The lowest BCUT2D eigenvalue weighted by Gasteiger charge is -2.24. The quantitative estimate of drug-likeness (QED) is 0.693. The Kier molecular flexibility index (Phi) is 5.40. The third-order valence-electron chi connectivity index (χ3n) is 3.04. The van der Waals surface area contributed by atoms with Gasteiger partial charge in [0.05, 0.1) is 26.4 Å². The molecule has 0 aliphatic carbocycles. The second-order valence-electron chi connectivity index (χ2n) is 4.13. The van der Waals surface area contributed by atoms with E-state index in [0.29, 0.717) is 11.5 Å². The van der Waals surface area contributed by atoms with Gasteiger partial charge in [-0.15, -0.1) is 0 Å². The molecule has 0 saturated carbocycles. The minimum absolute atomic E-state index is 0.194. The topological polar surface area (TPSA) is 76.7 Å². The number of rotatable bonds is 6. The van der Waals surface area contributed by atoms with Crippen LogP contribution >= 0.6 is 0 Å². The molecule has 0 bridgehead atoms. The summed E-state index contributed by atoms with van der Waals surface area (Å²) in [6.07, 6.45) is -0.646. The molecule has 1 rings (SSSR count). The predicted octanol–water partition coefficient (Wildman–Crippen LogP) is 0.592. The van der Waals surface area contributed by atoms with Crippen molar-refractivity contribution >= 4 is 0 Å². The van der Waals surface area contributed by atoms with E-state index in [2.05, 4.69) is 5.32 Å². The zero-order valence-electron chi connectivity index (χ0n) is 11.4. The van der Waals surface area contributed by atoms with Crippen molar-refractivity contribution < 1.29 is 14.6 Å². The maximum absolute atomic E-state index is 9.93. The number of ether oxygens (including phenoxy) is 2. The fourth-order valence-electron chi connectivity index (χ4n) is 2.02. The van der Waals surface area contributed by atoms with E-state index < -0.39 is 6.10 Å². The van der Waals surface area contributed by atoms with Crippen molar-refractivity contribution in [2.45, 2.75) is 19.1 Å². The maximum atomic E-state index is 9.93. The third-order valence-corrected chi connectivity index (χ3v) is 3.04. The molecule has 5 nitrogen and oxygen atoms in total. The normalized spacial score (nSPS) is 14.1. The van der Waals surface area contributed by atoms with Crippen molar-refractivity contribution in [2.75, 3.05) is 27.8 Å². The summed E-state index contributed by atoms with van der Waals surface area (Å²) in [5, 5.41) is 13.0. The number of nitrogens with two attached hydrogens (primary N) is 1. The van der Waals surface area contributed by atoms with Gasteiger partial charge in [0, 0.05) is 6.54 Å². The van der Waals surface area contributed by atoms with Gasteiger partial charge in [0.1, 0.15) is 0 Å². The third kappa shape index (κ3) is 2.93. The molecule has 0 saturated heterocycles. The zero-order valence-corrected chi connectivity index (χ0v) is 11.4. The van der Waals surface area contributed by atoms with Crippen molar-refractivity contribution in [3.63, 3.8) is 0 Å². The fourth-order valence-corrected chi connectivity index (χ4v) is 2.02. The lowest BCUT2D eigenvalue weighted by atomic mass is 9.96. The molecule has 0 radical (unpaired) electrons. The van der Waals surface area contributed by atoms with Crippen molar-refractivity contribution in [1.82, 2.24) is 5.32 Å². The van der Waals surface area contributed by atoms with Crippen LogP contribution in [0.25, 0.3) is 0 Å². The molecule has 0 spiro atoms. The van der Waals surface area contributed by atoms with Crippen LogP contribution in [0.1, 0.15) is 17.2 Å². The van der Waals surface area contributed by atoms with E-state index in [4.69, 9.17) is 15.2 Å². The Morgan fingerprint density at radius 2 is 1.83 bits per heavy atom. The van der Waals surface area contributed by atoms with Crippen LogP contribution in [0.5, 0.6) is 11.5 Å². The number of benzene rings is 1. The highest BCUT2D eigenvalue weighted by molar-refractivity contribution is 5.48. The fraction of sp³-hybridized carbons (Fsp3) is 0.538. The first kappa shape index (κ1) is 14.8.